The summed E-state index contributed by atoms with van der Waals surface area (Å²) in [5, 5.41) is 15.9. The highest BCUT2D eigenvalue weighted by atomic mass is 35.5. The summed E-state index contributed by atoms with van der Waals surface area (Å²) >= 11 is 6.39. The lowest BCUT2D eigenvalue weighted by Gasteiger charge is -2.27. The van der Waals surface area contributed by atoms with Gasteiger partial charge in [0.2, 0.25) is 0 Å². The smallest absolute Gasteiger partial charge is 0.281 e. The molecule has 0 aromatic heterocycles. The topological polar surface area (TPSA) is 80.2 Å². The molecule has 0 saturated carbocycles. The third-order valence-corrected chi connectivity index (χ3v) is 5.52. The van der Waals surface area contributed by atoms with Gasteiger partial charge in [-0.15, -0.1) is 0 Å². The molecule has 0 spiro atoms. The molecule has 0 heterocycles. The van der Waals surface area contributed by atoms with E-state index in [0.29, 0.717) is 33.2 Å². The van der Waals surface area contributed by atoms with Gasteiger partial charge in [-0.2, -0.15) is 5.10 Å². The van der Waals surface area contributed by atoms with Gasteiger partial charge in [-0.1, -0.05) is 79.2 Å². The predicted molar refractivity (Wildman–Crippen MR) is 130 cm³/mol. The van der Waals surface area contributed by atoms with Gasteiger partial charge in [-0.05, 0) is 42.2 Å². The fourth-order valence-electron chi connectivity index (χ4n) is 3.25. The zero-order chi connectivity index (χ0) is 23.8. The number of nitrogens with one attached hydrogen (secondary N) is 1. The van der Waals surface area contributed by atoms with Gasteiger partial charge in [0.1, 0.15) is 0 Å². The Morgan fingerprint density at radius 2 is 1.70 bits per heavy atom. The van der Waals surface area contributed by atoms with E-state index in [1.807, 2.05) is 26.0 Å². The fraction of sp³-hybridized carbons (Fsp3) is 0.231. The Morgan fingerprint density at radius 1 is 1.12 bits per heavy atom. The Hall–Kier alpha value is -3.35. The minimum atomic E-state index is -1.91. The molecule has 0 aliphatic carbocycles. The number of aliphatic hydroxyl groups is 1. The first-order valence-corrected chi connectivity index (χ1v) is 11.0. The number of ether oxygens (including phenoxy) is 2. The van der Waals surface area contributed by atoms with Crippen LogP contribution in [-0.2, 0) is 10.4 Å². The average Bonchev–Trinajstić information content (AvgIpc) is 2.85. The van der Waals surface area contributed by atoms with Gasteiger partial charge < -0.3 is 14.6 Å². The molecule has 1 amide bonds. The lowest BCUT2D eigenvalue weighted by Crippen LogP contribution is -2.43. The standard InChI is InChI=1S/C26H27ClN2O4/c1-4-18(2)33-24-22(27)15-19(16-23(24)32-3)17-28-29-25(30)26(31,20-11-7-5-8-12-20)21-13-9-6-10-14-21/h5-18,31H,4H2,1-3H3,(H,29,30)/b28-17-/t18-/m0/s1. The van der Waals surface area contributed by atoms with E-state index < -0.39 is 11.5 Å². The number of carbonyl (C=O) groups is 1. The van der Waals surface area contributed by atoms with Crippen molar-refractivity contribution in [3.8, 4) is 11.5 Å². The Labute approximate surface area is 198 Å². The van der Waals surface area contributed by atoms with Crippen LogP contribution in [0, 0.1) is 0 Å². The molecule has 0 saturated heterocycles. The highest BCUT2D eigenvalue weighted by molar-refractivity contribution is 6.32. The minimum absolute atomic E-state index is 0.0242. The van der Waals surface area contributed by atoms with Gasteiger partial charge in [0.05, 0.1) is 24.5 Å². The normalized spacial score (nSPS) is 12.4. The van der Waals surface area contributed by atoms with E-state index in [4.69, 9.17) is 21.1 Å². The molecule has 0 fully saturated rings. The molecular formula is C26H27ClN2O4. The molecule has 0 bridgehead atoms. The van der Waals surface area contributed by atoms with E-state index in [1.165, 1.54) is 13.3 Å². The first kappa shape index (κ1) is 24.3. The van der Waals surface area contributed by atoms with Crippen LogP contribution in [0.4, 0.5) is 0 Å². The molecule has 2 N–H and O–H groups in total. The Balaban J connectivity index is 1.85. The maximum Gasteiger partial charge on any atom is 0.281 e. The molecule has 33 heavy (non-hydrogen) atoms. The number of methoxy groups -OCH3 is 1. The number of halogens is 1. The molecular weight excluding hydrogens is 440 g/mol. The van der Waals surface area contributed by atoms with Crippen LogP contribution in [0.1, 0.15) is 37.0 Å². The second-order valence-corrected chi connectivity index (χ2v) is 7.92. The zero-order valence-corrected chi connectivity index (χ0v) is 19.5. The summed E-state index contributed by atoms with van der Waals surface area (Å²) in [6, 6.07) is 20.8. The average molecular weight is 467 g/mol. The Bertz CT molecular complexity index is 1060. The minimum Gasteiger partial charge on any atom is -0.493 e. The number of hydrogen-bond donors (Lipinski definition) is 2. The summed E-state index contributed by atoms with van der Waals surface area (Å²) in [6.45, 7) is 3.96. The number of rotatable bonds is 9. The van der Waals surface area contributed by atoms with Crippen molar-refractivity contribution in [1.29, 1.82) is 0 Å². The van der Waals surface area contributed by atoms with Crippen LogP contribution >= 0.6 is 11.6 Å². The summed E-state index contributed by atoms with van der Waals surface area (Å²) in [6.07, 6.45) is 2.22. The maximum absolute atomic E-state index is 13.1. The first-order valence-electron chi connectivity index (χ1n) is 10.6. The Morgan fingerprint density at radius 3 is 2.21 bits per heavy atom. The van der Waals surface area contributed by atoms with Crippen LogP contribution in [0.15, 0.2) is 77.9 Å². The molecule has 172 valence electrons. The fourth-order valence-corrected chi connectivity index (χ4v) is 3.51. The van der Waals surface area contributed by atoms with Crippen LogP contribution in [0.5, 0.6) is 11.5 Å². The first-order chi connectivity index (χ1) is 15.9. The molecule has 7 heteroatoms. The second-order valence-electron chi connectivity index (χ2n) is 7.51. The van der Waals surface area contributed by atoms with Crippen molar-refractivity contribution < 1.29 is 19.4 Å². The largest absolute Gasteiger partial charge is 0.493 e. The Kier molecular flexibility index (Phi) is 8.09. The number of nitrogens with zero attached hydrogens (tertiary/aromatic N) is 1. The molecule has 3 aromatic rings. The highest BCUT2D eigenvalue weighted by Gasteiger charge is 2.39. The second kappa shape index (κ2) is 11.0. The third-order valence-electron chi connectivity index (χ3n) is 5.24. The van der Waals surface area contributed by atoms with Crippen molar-refractivity contribution in [2.24, 2.45) is 5.10 Å². The van der Waals surface area contributed by atoms with Crippen LogP contribution in [0.25, 0.3) is 0 Å². The van der Waals surface area contributed by atoms with Crippen molar-refractivity contribution in [1.82, 2.24) is 5.43 Å². The van der Waals surface area contributed by atoms with E-state index in [1.54, 1.807) is 60.7 Å². The van der Waals surface area contributed by atoms with Gasteiger partial charge >= 0.3 is 0 Å². The SMILES string of the molecule is CC[C@H](C)Oc1c(Cl)cc(/C=N\NC(=O)C(O)(c2ccccc2)c2ccccc2)cc1OC. The summed E-state index contributed by atoms with van der Waals surface area (Å²) in [5.74, 6) is 0.226. The van der Waals surface area contributed by atoms with Gasteiger partial charge in [0, 0.05) is 0 Å². The van der Waals surface area contributed by atoms with Crippen LogP contribution in [0.2, 0.25) is 5.02 Å². The number of carbonyl (C=O) groups excluding carboxylic acids is 1. The van der Waals surface area contributed by atoms with Crippen molar-refractivity contribution in [2.75, 3.05) is 7.11 Å². The summed E-state index contributed by atoms with van der Waals surface area (Å²) in [4.78, 5) is 13.1. The van der Waals surface area contributed by atoms with Gasteiger partial charge in [0.15, 0.2) is 17.1 Å². The van der Waals surface area contributed by atoms with Crippen LogP contribution in [-0.4, -0.2) is 30.4 Å². The lowest BCUT2D eigenvalue weighted by molar-refractivity contribution is -0.136. The predicted octanol–water partition coefficient (Wildman–Crippen LogP) is 4.91. The molecule has 3 aromatic carbocycles. The molecule has 0 radical (unpaired) electrons. The van der Waals surface area contributed by atoms with E-state index in [9.17, 15) is 9.90 Å². The molecule has 3 rings (SSSR count). The van der Waals surface area contributed by atoms with E-state index >= 15 is 0 Å². The molecule has 0 aliphatic rings. The van der Waals surface area contributed by atoms with Crippen LogP contribution in [0.3, 0.4) is 0 Å². The van der Waals surface area contributed by atoms with E-state index in [0.717, 1.165) is 6.42 Å². The van der Waals surface area contributed by atoms with E-state index in [-0.39, 0.29) is 6.10 Å². The van der Waals surface area contributed by atoms with E-state index in [2.05, 4.69) is 10.5 Å². The highest BCUT2D eigenvalue weighted by Crippen LogP contribution is 2.37. The maximum atomic E-state index is 13.1. The summed E-state index contributed by atoms with van der Waals surface area (Å²) < 4.78 is 11.3. The molecule has 0 aliphatic heterocycles. The lowest BCUT2D eigenvalue weighted by atomic mass is 9.85. The quantitative estimate of drug-likeness (QED) is 0.347. The van der Waals surface area contributed by atoms with Gasteiger partial charge in [0.25, 0.3) is 5.91 Å². The zero-order valence-electron chi connectivity index (χ0n) is 18.8. The van der Waals surface area contributed by atoms with Crippen LogP contribution < -0.4 is 14.9 Å². The van der Waals surface area contributed by atoms with Crippen molar-refractivity contribution in [3.63, 3.8) is 0 Å². The number of amides is 1. The number of benzene rings is 3. The molecule has 6 nitrogen and oxygen atoms in total. The third kappa shape index (κ3) is 5.53. The molecule has 1 atom stereocenters. The van der Waals surface area contributed by atoms with Crippen molar-refractivity contribution in [2.45, 2.75) is 32.0 Å². The van der Waals surface area contributed by atoms with Crippen molar-refractivity contribution >= 4 is 23.7 Å². The monoisotopic (exact) mass is 466 g/mol. The molecule has 0 unspecified atom stereocenters. The van der Waals surface area contributed by atoms with Gasteiger partial charge in [-0.25, -0.2) is 5.43 Å². The summed E-state index contributed by atoms with van der Waals surface area (Å²) in [5.41, 5.74) is 1.99. The van der Waals surface area contributed by atoms with Gasteiger partial charge in [-0.3, -0.25) is 4.79 Å². The number of hydrazone groups is 1. The number of hydrogen-bond acceptors (Lipinski definition) is 5. The summed E-state index contributed by atoms with van der Waals surface area (Å²) in [7, 11) is 1.53. The van der Waals surface area contributed by atoms with Crippen molar-refractivity contribution in [3.05, 3.63) is 94.5 Å².